The van der Waals surface area contributed by atoms with Crippen molar-refractivity contribution in [2.24, 2.45) is 0 Å². The Morgan fingerprint density at radius 1 is 1.02 bits per heavy atom. The SMILES string of the molecule is C=CC(=O)Nc1ccc(F)c(-c2cccc3cnc(Nc4ccc(N5CCN(CCO)CC5)c(F)c4F)nc23)c1. The van der Waals surface area contributed by atoms with Gasteiger partial charge in [0.05, 0.1) is 23.5 Å². The van der Waals surface area contributed by atoms with Crippen LogP contribution in [0.25, 0.3) is 22.0 Å². The van der Waals surface area contributed by atoms with Crippen LogP contribution < -0.4 is 15.5 Å². The zero-order valence-corrected chi connectivity index (χ0v) is 21.5. The number of amides is 1. The molecule has 0 spiro atoms. The standard InChI is InChI=1S/C29H27F3N6O2/c1-2-25(40)34-19-6-7-22(30)21(16-19)20-5-3-4-18-17-33-29(36-28(18)20)35-23-8-9-24(27(32)26(23)31)38-12-10-37(11-13-38)14-15-39/h2-9,16-17,39H,1,10-15H2,(H,34,40)(H,33,35,36). The Hall–Kier alpha value is -4.48. The van der Waals surface area contributed by atoms with Gasteiger partial charge in [-0.05, 0) is 36.4 Å². The van der Waals surface area contributed by atoms with Crippen molar-refractivity contribution in [1.29, 1.82) is 0 Å². The lowest BCUT2D eigenvalue weighted by Crippen LogP contribution is -2.47. The lowest BCUT2D eigenvalue weighted by molar-refractivity contribution is -0.111. The number of anilines is 4. The van der Waals surface area contributed by atoms with Gasteiger partial charge >= 0.3 is 0 Å². The monoisotopic (exact) mass is 548 g/mol. The Morgan fingerprint density at radius 2 is 1.82 bits per heavy atom. The largest absolute Gasteiger partial charge is 0.395 e. The number of para-hydroxylation sites is 1. The average Bonchev–Trinajstić information content (AvgIpc) is 2.97. The molecule has 2 heterocycles. The van der Waals surface area contributed by atoms with Crippen LogP contribution in [0.1, 0.15) is 0 Å². The van der Waals surface area contributed by atoms with Crippen molar-refractivity contribution < 1.29 is 23.1 Å². The normalized spacial score (nSPS) is 13.8. The van der Waals surface area contributed by atoms with Crippen LogP contribution in [0, 0.1) is 17.5 Å². The van der Waals surface area contributed by atoms with Gasteiger partial charge in [0.25, 0.3) is 0 Å². The Bertz CT molecular complexity index is 1570. The van der Waals surface area contributed by atoms with E-state index in [0.29, 0.717) is 54.9 Å². The number of rotatable bonds is 8. The highest BCUT2D eigenvalue weighted by Crippen LogP contribution is 2.33. The number of benzene rings is 3. The van der Waals surface area contributed by atoms with E-state index in [9.17, 15) is 9.18 Å². The first-order valence-corrected chi connectivity index (χ1v) is 12.7. The van der Waals surface area contributed by atoms with Crippen LogP contribution in [-0.2, 0) is 4.79 Å². The summed E-state index contributed by atoms with van der Waals surface area (Å²) < 4.78 is 45.1. The summed E-state index contributed by atoms with van der Waals surface area (Å²) in [6.45, 7) is 6.31. The van der Waals surface area contributed by atoms with Gasteiger partial charge in [-0.1, -0.05) is 24.8 Å². The topological polar surface area (TPSA) is 93.6 Å². The summed E-state index contributed by atoms with van der Waals surface area (Å²) in [5.74, 6) is -3.02. The van der Waals surface area contributed by atoms with Crippen LogP contribution in [-0.4, -0.2) is 65.2 Å². The number of β-amino-alcohol motifs (C(OH)–C–C–N with tert-alkyl or cyclic N) is 1. The van der Waals surface area contributed by atoms with Gasteiger partial charge in [0.2, 0.25) is 11.9 Å². The van der Waals surface area contributed by atoms with Crippen molar-refractivity contribution in [2.75, 3.05) is 54.9 Å². The third kappa shape index (κ3) is 5.61. The molecule has 0 aliphatic carbocycles. The summed E-state index contributed by atoms with van der Waals surface area (Å²) in [6, 6.07) is 12.2. The van der Waals surface area contributed by atoms with E-state index in [0.717, 1.165) is 6.08 Å². The van der Waals surface area contributed by atoms with E-state index in [1.165, 1.54) is 36.5 Å². The molecule has 11 heteroatoms. The van der Waals surface area contributed by atoms with Crippen LogP contribution in [0.3, 0.4) is 0 Å². The number of carbonyl (C=O) groups is 1. The molecule has 1 fully saturated rings. The highest BCUT2D eigenvalue weighted by molar-refractivity contribution is 6.00. The van der Waals surface area contributed by atoms with E-state index >= 15 is 8.78 Å². The van der Waals surface area contributed by atoms with Crippen molar-refractivity contribution >= 4 is 39.8 Å². The van der Waals surface area contributed by atoms with Gasteiger partial charge in [-0.2, -0.15) is 0 Å². The molecule has 40 heavy (non-hydrogen) atoms. The average molecular weight is 549 g/mol. The molecule has 8 nitrogen and oxygen atoms in total. The minimum absolute atomic E-state index is 0.000130. The maximum atomic E-state index is 15.1. The van der Waals surface area contributed by atoms with Gasteiger partial charge < -0.3 is 20.6 Å². The number of aliphatic hydroxyl groups is 1. The molecule has 0 atom stereocenters. The highest BCUT2D eigenvalue weighted by atomic mass is 19.2. The first-order chi connectivity index (χ1) is 19.4. The minimum atomic E-state index is -1.07. The summed E-state index contributed by atoms with van der Waals surface area (Å²) in [5.41, 5.74) is 1.39. The number of piperazine rings is 1. The molecule has 1 amide bonds. The molecule has 3 aromatic carbocycles. The predicted molar refractivity (Wildman–Crippen MR) is 149 cm³/mol. The van der Waals surface area contributed by atoms with Crippen molar-refractivity contribution in [3.63, 3.8) is 0 Å². The maximum Gasteiger partial charge on any atom is 0.247 e. The number of nitrogens with one attached hydrogen (secondary N) is 2. The van der Waals surface area contributed by atoms with Crippen LogP contribution in [0.2, 0.25) is 0 Å². The zero-order chi connectivity index (χ0) is 28.2. The number of hydrogen-bond donors (Lipinski definition) is 3. The molecule has 206 valence electrons. The van der Waals surface area contributed by atoms with Gasteiger partial charge in [-0.3, -0.25) is 9.69 Å². The number of aliphatic hydroxyl groups excluding tert-OH is 1. The van der Waals surface area contributed by atoms with Crippen LogP contribution in [0.5, 0.6) is 0 Å². The Balaban J connectivity index is 1.43. The molecule has 1 aromatic heterocycles. The van der Waals surface area contributed by atoms with Crippen LogP contribution in [0.4, 0.5) is 36.2 Å². The first-order valence-electron chi connectivity index (χ1n) is 12.7. The van der Waals surface area contributed by atoms with Crippen molar-refractivity contribution in [3.05, 3.63) is 84.8 Å². The Morgan fingerprint density at radius 3 is 2.58 bits per heavy atom. The van der Waals surface area contributed by atoms with E-state index in [2.05, 4.69) is 32.1 Å². The second-order valence-electron chi connectivity index (χ2n) is 9.26. The van der Waals surface area contributed by atoms with Crippen molar-refractivity contribution in [3.8, 4) is 11.1 Å². The molecule has 0 radical (unpaired) electrons. The van der Waals surface area contributed by atoms with Gasteiger partial charge in [0.1, 0.15) is 5.82 Å². The number of aromatic nitrogens is 2. The molecule has 1 aliphatic heterocycles. The van der Waals surface area contributed by atoms with Gasteiger partial charge in [0.15, 0.2) is 11.6 Å². The van der Waals surface area contributed by atoms with Gasteiger partial charge in [-0.15, -0.1) is 0 Å². The number of halogens is 3. The summed E-state index contributed by atoms with van der Waals surface area (Å²) in [6.07, 6.45) is 2.61. The fourth-order valence-corrected chi connectivity index (χ4v) is 4.69. The molecule has 0 bridgehead atoms. The Labute approximate surface area is 228 Å². The number of fused-ring (bicyclic) bond motifs is 1. The van der Waals surface area contributed by atoms with E-state index in [4.69, 9.17) is 5.11 Å². The third-order valence-electron chi connectivity index (χ3n) is 6.76. The molecule has 1 aliphatic rings. The molecular weight excluding hydrogens is 521 g/mol. The van der Waals surface area contributed by atoms with Crippen LogP contribution in [0.15, 0.2) is 67.4 Å². The van der Waals surface area contributed by atoms with Crippen LogP contribution >= 0.6 is 0 Å². The summed E-state index contributed by atoms with van der Waals surface area (Å²) in [5, 5.41) is 15.1. The van der Waals surface area contributed by atoms with Crippen molar-refractivity contribution in [1.82, 2.24) is 14.9 Å². The molecular formula is C29H27F3N6O2. The quantitative estimate of drug-likeness (QED) is 0.275. The third-order valence-corrected chi connectivity index (χ3v) is 6.76. The summed E-state index contributed by atoms with van der Waals surface area (Å²) in [7, 11) is 0. The minimum Gasteiger partial charge on any atom is -0.395 e. The summed E-state index contributed by atoms with van der Waals surface area (Å²) in [4.78, 5) is 24.3. The van der Waals surface area contributed by atoms with Gasteiger partial charge in [-0.25, -0.2) is 23.1 Å². The van der Waals surface area contributed by atoms with Crippen molar-refractivity contribution in [2.45, 2.75) is 0 Å². The zero-order valence-electron chi connectivity index (χ0n) is 21.5. The van der Waals surface area contributed by atoms with E-state index < -0.39 is 23.4 Å². The number of nitrogens with zero attached hydrogens (tertiary/aromatic N) is 4. The maximum absolute atomic E-state index is 15.1. The molecule has 1 saturated heterocycles. The molecule has 4 aromatic rings. The smallest absolute Gasteiger partial charge is 0.247 e. The lowest BCUT2D eigenvalue weighted by atomic mass is 10.0. The predicted octanol–water partition coefficient (Wildman–Crippen LogP) is 4.70. The molecule has 0 saturated carbocycles. The Kier molecular flexibility index (Phi) is 7.94. The molecule has 5 rings (SSSR count). The highest BCUT2D eigenvalue weighted by Gasteiger charge is 2.23. The fraction of sp³-hybridized carbons (Fsp3) is 0.207. The van der Waals surface area contributed by atoms with E-state index in [1.54, 1.807) is 23.1 Å². The van der Waals surface area contributed by atoms with E-state index in [-0.39, 0.29) is 29.5 Å². The first kappa shape index (κ1) is 27.1. The van der Waals surface area contributed by atoms with Gasteiger partial charge in [0, 0.05) is 61.1 Å². The van der Waals surface area contributed by atoms with E-state index in [1.807, 2.05) is 0 Å². The second-order valence-corrected chi connectivity index (χ2v) is 9.26. The summed E-state index contributed by atoms with van der Waals surface area (Å²) >= 11 is 0. The molecule has 0 unspecified atom stereocenters. The number of carbonyl (C=O) groups excluding carboxylic acids is 1. The second kappa shape index (κ2) is 11.7. The number of hydrogen-bond acceptors (Lipinski definition) is 7. The lowest BCUT2D eigenvalue weighted by Gasteiger charge is -2.36. The fourth-order valence-electron chi connectivity index (χ4n) is 4.69. The molecule has 3 N–H and O–H groups in total.